The van der Waals surface area contributed by atoms with Gasteiger partial charge in [-0.2, -0.15) is 0 Å². The molecule has 2 aliphatic heterocycles. The lowest BCUT2D eigenvalue weighted by molar-refractivity contribution is 0.100. The molecule has 0 aromatic rings. The number of likely N-dealkylation sites (tertiary alicyclic amines) is 2. The lowest BCUT2D eigenvalue weighted by Crippen LogP contribution is -2.54. The molecule has 0 spiro atoms. The first-order valence-corrected chi connectivity index (χ1v) is 5.76. The van der Waals surface area contributed by atoms with Gasteiger partial charge in [-0.25, -0.2) is 0 Å². The van der Waals surface area contributed by atoms with Gasteiger partial charge in [0.25, 0.3) is 0 Å². The summed E-state index contributed by atoms with van der Waals surface area (Å²) in [6.45, 7) is 9.32. The van der Waals surface area contributed by atoms with E-state index in [2.05, 4.69) is 30.7 Å². The Morgan fingerprint density at radius 3 is 2.50 bits per heavy atom. The van der Waals surface area contributed by atoms with E-state index in [1.54, 1.807) is 0 Å². The van der Waals surface area contributed by atoms with Gasteiger partial charge in [0.1, 0.15) is 0 Å². The summed E-state index contributed by atoms with van der Waals surface area (Å²) >= 11 is 0. The van der Waals surface area contributed by atoms with Gasteiger partial charge >= 0.3 is 0 Å². The lowest BCUT2D eigenvalue weighted by Gasteiger charge is -2.40. The highest BCUT2D eigenvalue weighted by Gasteiger charge is 2.40. The normalized spacial score (nSPS) is 40.5. The lowest BCUT2D eigenvalue weighted by atomic mass is 9.84. The monoisotopic (exact) mass is 197 g/mol. The van der Waals surface area contributed by atoms with Crippen LogP contribution in [0.1, 0.15) is 13.8 Å². The quantitative estimate of drug-likeness (QED) is 0.652. The molecule has 2 heterocycles. The predicted molar refractivity (Wildman–Crippen MR) is 59.2 cm³/mol. The van der Waals surface area contributed by atoms with Crippen LogP contribution >= 0.6 is 0 Å². The minimum atomic E-state index is 0.390. The van der Waals surface area contributed by atoms with E-state index in [1.807, 2.05) is 0 Å². The van der Waals surface area contributed by atoms with Crippen molar-refractivity contribution in [3.8, 4) is 0 Å². The van der Waals surface area contributed by atoms with Crippen LogP contribution in [-0.2, 0) is 0 Å². The third-order valence-corrected chi connectivity index (χ3v) is 3.87. The van der Waals surface area contributed by atoms with Gasteiger partial charge in [0.15, 0.2) is 0 Å². The molecular weight excluding hydrogens is 174 g/mol. The molecule has 3 unspecified atom stereocenters. The van der Waals surface area contributed by atoms with Gasteiger partial charge in [-0.3, -0.25) is 4.90 Å². The maximum atomic E-state index is 6.24. The number of fused-ring (bicyclic) bond motifs is 1. The number of rotatable bonds is 1. The Bertz CT molecular complexity index is 205. The van der Waals surface area contributed by atoms with Crippen LogP contribution in [0.25, 0.3) is 0 Å². The van der Waals surface area contributed by atoms with Crippen LogP contribution in [0.4, 0.5) is 0 Å². The second kappa shape index (κ2) is 3.80. The van der Waals surface area contributed by atoms with E-state index in [0.29, 0.717) is 12.1 Å². The first-order valence-electron chi connectivity index (χ1n) is 5.76. The van der Waals surface area contributed by atoms with Crippen molar-refractivity contribution in [3.63, 3.8) is 0 Å². The van der Waals surface area contributed by atoms with Crippen LogP contribution in [0.3, 0.4) is 0 Å². The van der Waals surface area contributed by atoms with E-state index in [-0.39, 0.29) is 0 Å². The number of hydrogen-bond donors (Lipinski definition) is 1. The average Bonchev–Trinajstić information content (AvgIpc) is 2.45. The molecule has 0 aliphatic carbocycles. The van der Waals surface area contributed by atoms with Crippen LogP contribution in [-0.4, -0.2) is 55.1 Å². The molecule has 0 aromatic heterocycles. The van der Waals surface area contributed by atoms with Crippen molar-refractivity contribution in [2.24, 2.45) is 17.6 Å². The number of piperidine rings is 1. The van der Waals surface area contributed by atoms with Gasteiger partial charge in [-0.1, -0.05) is 0 Å². The van der Waals surface area contributed by atoms with Crippen LogP contribution < -0.4 is 5.73 Å². The first-order chi connectivity index (χ1) is 6.58. The van der Waals surface area contributed by atoms with Crippen LogP contribution in [0.5, 0.6) is 0 Å². The highest BCUT2D eigenvalue weighted by Crippen LogP contribution is 2.30. The predicted octanol–water partition coefficient (Wildman–Crippen LogP) is 0.216. The molecule has 3 heteroatoms. The van der Waals surface area contributed by atoms with Gasteiger partial charge in [0.2, 0.25) is 0 Å². The van der Waals surface area contributed by atoms with Gasteiger partial charge in [0, 0.05) is 38.3 Å². The number of nitrogens with zero attached hydrogens (tertiary/aromatic N) is 2. The van der Waals surface area contributed by atoms with E-state index >= 15 is 0 Å². The molecule has 3 atom stereocenters. The molecule has 14 heavy (non-hydrogen) atoms. The van der Waals surface area contributed by atoms with Gasteiger partial charge in [0.05, 0.1) is 0 Å². The van der Waals surface area contributed by atoms with Crippen LogP contribution in [0.15, 0.2) is 0 Å². The van der Waals surface area contributed by atoms with E-state index in [0.717, 1.165) is 18.4 Å². The molecule has 0 saturated carbocycles. The maximum absolute atomic E-state index is 6.24. The molecule has 2 N–H and O–H groups in total. The second-order valence-electron chi connectivity index (χ2n) is 5.36. The Morgan fingerprint density at radius 2 is 1.86 bits per heavy atom. The minimum absolute atomic E-state index is 0.390. The summed E-state index contributed by atoms with van der Waals surface area (Å²) in [5.41, 5.74) is 6.24. The Balaban J connectivity index is 2.03. The van der Waals surface area contributed by atoms with E-state index in [4.69, 9.17) is 5.73 Å². The molecule has 0 aromatic carbocycles. The standard InChI is InChI=1S/C11H23N3/c1-8(2)14-5-9-4-13(3)6-10(9)11(12)7-14/h8-11H,4-7,12H2,1-3H3. The molecule has 2 rings (SSSR count). The molecule has 82 valence electrons. The summed E-state index contributed by atoms with van der Waals surface area (Å²) < 4.78 is 0. The largest absolute Gasteiger partial charge is 0.326 e. The van der Waals surface area contributed by atoms with Crippen molar-refractivity contribution in [3.05, 3.63) is 0 Å². The van der Waals surface area contributed by atoms with Crippen molar-refractivity contribution in [1.82, 2.24) is 9.80 Å². The van der Waals surface area contributed by atoms with Crippen molar-refractivity contribution in [1.29, 1.82) is 0 Å². The summed E-state index contributed by atoms with van der Waals surface area (Å²) in [5, 5.41) is 0. The highest BCUT2D eigenvalue weighted by molar-refractivity contribution is 4.96. The molecule has 3 nitrogen and oxygen atoms in total. The Labute approximate surface area is 87.2 Å². The molecule has 0 amide bonds. The molecule has 2 aliphatic rings. The molecule has 2 fully saturated rings. The summed E-state index contributed by atoms with van der Waals surface area (Å²) in [6, 6.07) is 1.04. The minimum Gasteiger partial charge on any atom is -0.326 e. The van der Waals surface area contributed by atoms with E-state index < -0.39 is 0 Å². The average molecular weight is 197 g/mol. The first kappa shape index (κ1) is 10.4. The van der Waals surface area contributed by atoms with Crippen molar-refractivity contribution in [2.45, 2.75) is 25.9 Å². The van der Waals surface area contributed by atoms with Gasteiger partial charge < -0.3 is 10.6 Å². The molecule has 0 radical (unpaired) electrons. The molecule has 2 saturated heterocycles. The smallest absolute Gasteiger partial charge is 0.0212 e. The van der Waals surface area contributed by atoms with Crippen molar-refractivity contribution >= 4 is 0 Å². The van der Waals surface area contributed by atoms with Crippen LogP contribution in [0.2, 0.25) is 0 Å². The maximum Gasteiger partial charge on any atom is 0.0212 e. The fourth-order valence-corrected chi connectivity index (χ4v) is 3.00. The zero-order valence-corrected chi connectivity index (χ0v) is 9.61. The van der Waals surface area contributed by atoms with E-state index in [9.17, 15) is 0 Å². The highest BCUT2D eigenvalue weighted by atomic mass is 15.2. The van der Waals surface area contributed by atoms with Crippen molar-refractivity contribution < 1.29 is 0 Å². The second-order valence-corrected chi connectivity index (χ2v) is 5.36. The van der Waals surface area contributed by atoms with Gasteiger partial charge in [-0.05, 0) is 32.7 Å². The number of nitrogens with two attached hydrogens (primary N) is 1. The third kappa shape index (κ3) is 1.81. The fraction of sp³-hybridized carbons (Fsp3) is 1.00. The zero-order valence-electron chi connectivity index (χ0n) is 9.61. The van der Waals surface area contributed by atoms with Gasteiger partial charge in [-0.15, -0.1) is 0 Å². The Hall–Kier alpha value is -0.120. The SMILES string of the molecule is CC(C)N1CC(N)C2CN(C)CC2C1. The Morgan fingerprint density at radius 1 is 1.14 bits per heavy atom. The molecule has 0 bridgehead atoms. The number of hydrogen-bond acceptors (Lipinski definition) is 3. The third-order valence-electron chi connectivity index (χ3n) is 3.87. The van der Waals surface area contributed by atoms with Crippen LogP contribution in [0, 0.1) is 11.8 Å². The Kier molecular flexibility index (Phi) is 2.82. The topological polar surface area (TPSA) is 32.5 Å². The summed E-state index contributed by atoms with van der Waals surface area (Å²) in [6.07, 6.45) is 0. The van der Waals surface area contributed by atoms with E-state index in [1.165, 1.54) is 19.6 Å². The summed E-state index contributed by atoms with van der Waals surface area (Å²) in [5.74, 6) is 1.56. The fourth-order valence-electron chi connectivity index (χ4n) is 3.00. The molecular formula is C11H23N3. The van der Waals surface area contributed by atoms with Crippen molar-refractivity contribution in [2.75, 3.05) is 33.2 Å². The summed E-state index contributed by atoms with van der Waals surface area (Å²) in [4.78, 5) is 4.96. The zero-order chi connectivity index (χ0) is 10.3. The summed E-state index contributed by atoms with van der Waals surface area (Å²) in [7, 11) is 2.21.